The summed E-state index contributed by atoms with van der Waals surface area (Å²) in [7, 11) is 0. The lowest BCUT2D eigenvalue weighted by atomic mass is 10.0. The minimum atomic E-state index is 0.233. The predicted molar refractivity (Wildman–Crippen MR) is 79.6 cm³/mol. The van der Waals surface area contributed by atoms with E-state index in [4.69, 9.17) is 5.26 Å². The molecule has 1 atom stereocenters. The van der Waals surface area contributed by atoms with Gasteiger partial charge < -0.3 is 5.32 Å². The molecule has 1 fully saturated rings. The summed E-state index contributed by atoms with van der Waals surface area (Å²) >= 11 is 0. The van der Waals surface area contributed by atoms with Crippen LogP contribution >= 0.6 is 0 Å². The minimum Gasteiger partial charge on any atom is -0.369 e. The molecule has 1 unspecified atom stereocenters. The standard InChI is InChI=1S/C16H17N5/c17-6-3-15(11-1-2-11)21-10-12(9-20-21)13-4-7-18-16-14(13)5-8-19-16/h4,7,9-11,15H,1-3,5,8H2,(H,18,19). The molecule has 21 heavy (non-hydrogen) atoms. The summed E-state index contributed by atoms with van der Waals surface area (Å²) in [4.78, 5) is 4.37. The number of aromatic nitrogens is 3. The van der Waals surface area contributed by atoms with Gasteiger partial charge in [-0.05, 0) is 36.8 Å². The Labute approximate surface area is 123 Å². The first-order valence-corrected chi connectivity index (χ1v) is 7.50. The van der Waals surface area contributed by atoms with Gasteiger partial charge in [0.05, 0.1) is 24.7 Å². The Bertz CT molecular complexity index is 708. The van der Waals surface area contributed by atoms with E-state index in [9.17, 15) is 0 Å². The largest absolute Gasteiger partial charge is 0.369 e. The monoisotopic (exact) mass is 279 g/mol. The van der Waals surface area contributed by atoms with Crippen molar-refractivity contribution in [3.8, 4) is 17.2 Å². The van der Waals surface area contributed by atoms with E-state index in [1.165, 1.54) is 24.0 Å². The van der Waals surface area contributed by atoms with Crippen LogP contribution in [0.1, 0.15) is 30.9 Å². The number of pyridine rings is 1. The van der Waals surface area contributed by atoms with Gasteiger partial charge in [-0.1, -0.05) is 0 Å². The third-order valence-electron chi connectivity index (χ3n) is 4.44. The minimum absolute atomic E-state index is 0.233. The first kappa shape index (κ1) is 12.4. The van der Waals surface area contributed by atoms with Crippen molar-refractivity contribution in [3.05, 3.63) is 30.2 Å². The van der Waals surface area contributed by atoms with E-state index >= 15 is 0 Å². The van der Waals surface area contributed by atoms with Crippen molar-refractivity contribution in [2.45, 2.75) is 31.7 Å². The Morgan fingerprint density at radius 3 is 3.19 bits per heavy atom. The number of fused-ring (bicyclic) bond motifs is 1. The molecule has 2 aromatic heterocycles. The molecule has 2 aromatic rings. The van der Waals surface area contributed by atoms with Gasteiger partial charge in [0.2, 0.25) is 0 Å². The molecule has 5 nitrogen and oxygen atoms in total. The zero-order chi connectivity index (χ0) is 14.2. The van der Waals surface area contributed by atoms with E-state index < -0.39 is 0 Å². The van der Waals surface area contributed by atoms with Crippen LogP contribution in [0.15, 0.2) is 24.7 Å². The molecule has 1 aliphatic heterocycles. The molecule has 0 bridgehead atoms. The smallest absolute Gasteiger partial charge is 0.129 e. The highest BCUT2D eigenvalue weighted by molar-refractivity contribution is 5.72. The van der Waals surface area contributed by atoms with Gasteiger partial charge in [0.15, 0.2) is 0 Å². The van der Waals surface area contributed by atoms with Gasteiger partial charge in [0.25, 0.3) is 0 Å². The van der Waals surface area contributed by atoms with Crippen molar-refractivity contribution < 1.29 is 0 Å². The molecular formula is C16H17N5. The number of nitrogens with one attached hydrogen (secondary N) is 1. The molecule has 1 aliphatic carbocycles. The van der Waals surface area contributed by atoms with Crippen LogP contribution < -0.4 is 5.32 Å². The zero-order valence-electron chi connectivity index (χ0n) is 11.8. The molecule has 0 saturated heterocycles. The summed E-state index contributed by atoms with van der Waals surface area (Å²) in [5.41, 5.74) is 3.61. The zero-order valence-corrected chi connectivity index (χ0v) is 11.8. The lowest BCUT2D eigenvalue weighted by molar-refractivity contribution is 0.412. The summed E-state index contributed by atoms with van der Waals surface area (Å²) in [5.74, 6) is 1.62. The maximum absolute atomic E-state index is 9.02. The third-order valence-corrected chi connectivity index (χ3v) is 4.44. The highest BCUT2D eigenvalue weighted by atomic mass is 15.3. The highest BCUT2D eigenvalue weighted by Crippen LogP contribution is 2.41. The summed E-state index contributed by atoms with van der Waals surface area (Å²) in [6.45, 7) is 0.951. The first-order chi connectivity index (χ1) is 10.4. The van der Waals surface area contributed by atoms with Gasteiger partial charge in [-0.2, -0.15) is 10.4 Å². The number of nitriles is 1. The Balaban J connectivity index is 1.69. The summed E-state index contributed by atoms with van der Waals surface area (Å²) in [6.07, 6.45) is 9.84. The second-order valence-electron chi connectivity index (χ2n) is 5.84. The molecule has 5 heteroatoms. The highest BCUT2D eigenvalue weighted by Gasteiger charge is 2.33. The maximum Gasteiger partial charge on any atom is 0.129 e. The quantitative estimate of drug-likeness (QED) is 0.934. The van der Waals surface area contributed by atoms with Crippen molar-refractivity contribution in [2.75, 3.05) is 11.9 Å². The Morgan fingerprint density at radius 2 is 2.38 bits per heavy atom. The molecule has 3 heterocycles. The van der Waals surface area contributed by atoms with Gasteiger partial charge in [-0.25, -0.2) is 4.98 Å². The van der Waals surface area contributed by atoms with Gasteiger partial charge in [-0.15, -0.1) is 0 Å². The van der Waals surface area contributed by atoms with Crippen LogP contribution in [0.3, 0.4) is 0 Å². The van der Waals surface area contributed by atoms with Crippen LogP contribution in [0.25, 0.3) is 11.1 Å². The molecule has 0 radical (unpaired) electrons. The van der Waals surface area contributed by atoms with E-state index in [0.29, 0.717) is 12.3 Å². The summed E-state index contributed by atoms with van der Waals surface area (Å²) in [6, 6.07) is 4.59. The van der Waals surface area contributed by atoms with Crippen LogP contribution in [0.5, 0.6) is 0 Å². The van der Waals surface area contributed by atoms with Crippen LogP contribution in [-0.4, -0.2) is 21.3 Å². The molecular weight excluding hydrogens is 262 g/mol. The van der Waals surface area contributed by atoms with E-state index in [-0.39, 0.29) is 6.04 Å². The van der Waals surface area contributed by atoms with Crippen LogP contribution in [0, 0.1) is 17.2 Å². The molecule has 1 N–H and O–H groups in total. The number of hydrogen-bond donors (Lipinski definition) is 1. The average molecular weight is 279 g/mol. The molecule has 0 aromatic carbocycles. The molecule has 0 amide bonds. The van der Waals surface area contributed by atoms with E-state index in [1.807, 2.05) is 17.1 Å². The van der Waals surface area contributed by atoms with Gasteiger partial charge in [0, 0.05) is 30.1 Å². The topological polar surface area (TPSA) is 66.5 Å². The third kappa shape index (κ3) is 2.17. The lowest BCUT2D eigenvalue weighted by Gasteiger charge is -2.12. The van der Waals surface area contributed by atoms with Crippen molar-refractivity contribution >= 4 is 5.82 Å². The average Bonchev–Trinajstić information content (AvgIpc) is 3.02. The van der Waals surface area contributed by atoms with Gasteiger partial charge in [0.1, 0.15) is 5.82 Å². The first-order valence-electron chi connectivity index (χ1n) is 7.50. The molecule has 1 saturated carbocycles. The second-order valence-corrected chi connectivity index (χ2v) is 5.84. The second kappa shape index (κ2) is 4.88. The Morgan fingerprint density at radius 1 is 1.48 bits per heavy atom. The fourth-order valence-corrected chi connectivity index (χ4v) is 3.18. The van der Waals surface area contributed by atoms with Crippen molar-refractivity contribution in [2.24, 2.45) is 5.92 Å². The van der Waals surface area contributed by atoms with Crippen LogP contribution in [-0.2, 0) is 6.42 Å². The van der Waals surface area contributed by atoms with Crippen LogP contribution in [0.2, 0.25) is 0 Å². The van der Waals surface area contributed by atoms with E-state index in [1.54, 1.807) is 0 Å². The maximum atomic E-state index is 9.02. The predicted octanol–water partition coefficient (Wildman–Crippen LogP) is 2.78. The molecule has 106 valence electrons. The van der Waals surface area contributed by atoms with E-state index in [0.717, 1.165) is 24.3 Å². The lowest BCUT2D eigenvalue weighted by Crippen LogP contribution is -2.10. The molecule has 4 rings (SSSR count). The molecule has 2 aliphatic rings. The fraction of sp³-hybridized carbons (Fsp3) is 0.438. The van der Waals surface area contributed by atoms with Gasteiger partial charge >= 0.3 is 0 Å². The Kier molecular flexibility index (Phi) is 2.88. The fourth-order valence-electron chi connectivity index (χ4n) is 3.18. The van der Waals surface area contributed by atoms with E-state index in [2.05, 4.69) is 33.7 Å². The van der Waals surface area contributed by atoms with Gasteiger partial charge in [-0.3, -0.25) is 4.68 Å². The summed E-state index contributed by atoms with van der Waals surface area (Å²) in [5, 5.41) is 16.8. The number of rotatable bonds is 4. The number of hydrogen-bond acceptors (Lipinski definition) is 4. The summed E-state index contributed by atoms with van der Waals surface area (Å²) < 4.78 is 1.99. The van der Waals surface area contributed by atoms with Crippen molar-refractivity contribution in [1.82, 2.24) is 14.8 Å². The van der Waals surface area contributed by atoms with Crippen molar-refractivity contribution in [1.29, 1.82) is 5.26 Å². The number of nitrogens with zero attached hydrogens (tertiary/aromatic N) is 4. The number of anilines is 1. The molecule has 0 spiro atoms. The SMILES string of the molecule is N#CCC(C1CC1)n1cc(-c2ccnc3c2CCN3)cn1. The van der Waals surface area contributed by atoms with Crippen LogP contribution in [0.4, 0.5) is 5.82 Å². The van der Waals surface area contributed by atoms with Crippen molar-refractivity contribution in [3.63, 3.8) is 0 Å². The normalized spacial score (nSPS) is 17.9. The Hall–Kier alpha value is -2.35.